The summed E-state index contributed by atoms with van der Waals surface area (Å²) in [6.45, 7) is 1.37. The first-order valence-corrected chi connectivity index (χ1v) is 13.0. The maximum atomic E-state index is 13.6. The number of morpholine rings is 1. The first kappa shape index (κ1) is 28.0. The number of rotatable bonds is 7. The number of esters is 1. The van der Waals surface area contributed by atoms with Crippen molar-refractivity contribution >= 4 is 23.6 Å². The van der Waals surface area contributed by atoms with Crippen molar-refractivity contribution in [3.63, 3.8) is 0 Å². The number of ether oxygens (including phenoxy) is 2. The molecule has 1 aromatic carbocycles. The highest BCUT2D eigenvalue weighted by molar-refractivity contribution is 5.96. The number of nitrogens with zero attached hydrogens (tertiary/aromatic N) is 4. The van der Waals surface area contributed by atoms with Crippen LogP contribution in [0.4, 0.5) is 0 Å². The van der Waals surface area contributed by atoms with Crippen molar-refractivity contribution in [3.8, 4) is 11.3 Å². The summed E-state index contributed by atoms with van der Waals surface area (Å²) in [6, 6.07) is 8.00. The summed E-state index contributed by atoms with van der Waals surface area (Å²) in [7, 11) is 3.02. The molecule has 0 radical (unpaired) electrons. The van der Waals surface area contributed by atoms with E-state index in [1.54, 1.807) is 41.1 Å². The lowest BCUT2D eigenvalue weighted by Crippen LogP contribution is -2.46. The van der Waals surface area contributed by atoms with Crippen LogP contribution in [0.3, 0.4) is 0 Å². The van der Waals surface area contributed by atoms with E-state index in [2.05, 4.69) is 5.10 Å². The Balaban J connectivity index is 1.64. The smallest absolute Gasteiger partial charge is 0.308 e. The average Bonchev–Trinajstić information content (AvgIpc) is 2.97. The fourth-order valence-corrected chi connectivity index (χ4v) is 5.03. The minimum Gasteiger partial charge on any atom is -0.469 e. The summed E-state index contributed by atoms with van der Waals surface area (Å²) in [6.07, 6.45) is 2.40. The molecule has 2 aromatic rings. The van der Waals surface area contributed by atoms with Gasteiger partial charge in [0.15, 0.2) is 0 Å². The van der Waals surface area contributed by atoms with Gasteiger partial charge in [0.05, 0.1) is 31.9 Å². The van der Waals surface area contributed by atoms with Crippen LogP contribution in [0.1, 0.15) is 41.6 Å². The first-order valence-electron chi connectivity index (χ1n) is 13.0. The summed E-state index contributed by atoms with van der Waals surface area (Å²) in [5, 5.41) is 12.0. The van der Waals surface area contributed by atoms with Crippen LogP contribution >= 0.6 is 0 Å². The van der Waals surface area contributed by atoms with Crippen LogP contribution in [0.2, 0.25) is 0 Å². The van der Waals surface area contributed by atoms with E-state index < -0.39 is 11.5 Å². The van der Waals surface area contributed by atoms with Gasteiger partial charge in [-0.05, 0) is 31.7 Å². The van der Waals surface area contributed by atoms with Gasteiger partial charge in [-0.2, -0.15) is 5.10 Å². The van der Waals surface area contributed by atoms with Crippen LogP contribution in [0.15, 0.2) is 35.1 Å². The lowest BCUT2D eigenvalue weighted by atomic mass is 9.85. The van der Waals surface area contributed by atoms with Crippen molar-refractivity contribution in [2.75, 3.05) is 40.5 Å². The average molecular weight is 539 g/mol. The predicted molar refractivity (Wildman–Crippen MR) is 142 cm³/mol. The molecule has 2 heterocycles. The summed E-state index contributed by atoms with van der Waals surface area (Å²) in [4.78, 5) is 55.1. The lowest BCUT2D eigenvalue weighted by Gasteiger charge is -2.33. The van der Waals surface area contributed by atoms with Gasteiger partial charge in [0, 0.05) is 37.3 Å². The van der Waals surface area contributed by atoms with Gasteiger partial charge in [-0.3, -0.25) is 24.6 Å². The van der Waals surface area contributed by atoms with Crippen molar-refractivity contribution < 1.29 is 23.9 Å². The van der Waals surface area contributed by atoms with Crippen LogP contribution < -0.4 is 11.3 Å². The highest BCUT2D eigenvalue weighted by Gasteiger charge is 2.32. The zero-order chi connectivity index (χ0) is 28.1. The van der Waals surface area contributed by atoms with Crippen molar-refractivity contribution in [2.24, 2.45) is 11.7 Å². The van der Waals surface area contributed by atoms with Crippen molar-refractivity contribution in [1.29, 1.82) is 5.41 Å². The summed E-state index contributed by atoms with van der Waals surface area (Å²) >= 11 is 0. The molecule has 0 unspecified atom stereocenters. The zero-order valence-corrected chi connectivity index (χ0v) is 22.2. The molecule has 0 spiro atoms. The number of benzene rings is 1. The monoisotopic (exact) mass is 538 g/mol. The fourth-order valence-electron chi connectivity index (χ4n) is 5.03. The Morgan fingerprint density at radius 3 is 2.36 bits per heavy atom. The number of methoxy groups -OCH3 is 1. The second-order valence-corrected chi connectivity index (χ2v) is 9.83. The van der Waals surface area contributed by atoms with Crippen LogP contribution in [0.25, 0.3) is 11.3 Å². The number of nitrogen functional groups attached to an aromatic ring is 1. The van der Waals surface area contributed by atoms with E-state index >= 15 is 0 Å². The molecule has 3 N–H and O–H groups in total. The van der Waals surface area contributed by atoms with E-state index in [0.717, 1.165) is 4.68 Å². The molecule has 208 valence electrons. The van der Waals surface area contributed by atoms with Gasteiger partial charge >= 0.3 is 5.97 Å². The quantitative estimate of drug-likeness (QED) is 0.298. The van der Waals surface area contributed by atoms with E-state index in [9.17, 15) is 19.2 Å². The molecule has 2 amide bonds. The van der Waals surface area contributed by atoms with Crippen molar-refractivity contribution in [3.05, 3.63) is 51.8 Å². The minimum atomic E-state index is -0.652. The maximum absolute atomic E-state index is 13.6. The van der Waals surface area contributed by atoms with Crippen LogP contribution in [0, 0.1) is 11.3 Å². The fraction of sp³-hybridized carbons (Fsp3) is 0.481. The van der Waals surface area contributed by atoms with Gasteiger partial charge in [-0.15, -0.1) is 0 Å². The third-order valence-corrected chi connectivity index (χ3v) is 7.44. The minimum absolute atomic E-state index is 0.0880. The predicted octanol–water partition coefficient (Wildman–Crippen LogP) is 0.857. The number of carbonyl (C=O) groups is 3. The third kappa shape index (κ3) is 6.33. The van der Waals surface area contributed by atoms with Crippen molar-refractivity contribution in [1.82, 2.24) is 19.6 Å². The normalized spacial score (nSPS) is 19.3. The van der Waals surface area contributed by atoms with Gasteiger partial charge < -0.3 is 25.0 Å². The number of aromatic nitrogens is 2. The number of nitrogens with one attached hydrogen (secondary N) is 1. The second kappa shape index (κ2) is 12.2. The van der Waals surface area contributed by atoms with Gasteiger partial charge in [0.25, 0.3) is 11.5 Å². The summed E-state index contributed by atoms with van der Waals surface area (Å²) in [5.41, 5.74) is 6.28. The standard InChI is InChI=1S/C27H34N6O6/c1-31(20-9-7-19(8-10-20)27(37)38-2)25(35)21-15-22(17-3-5-18(6-4-17)24(28)29)30-33(26(21)36)16-23(34)32-11-13-39-14-12-32/h3-6,15,19-20H,7-14,16H2,1-2H3,(H3,28,29)/t19-,20-. The molecule has 4 rings (SSSR count). The molecule has 1 saturated carbocycles. The molecule has 1 aliphatic carbocycles. The van der Waals surface area contributed by atoms with Gasteiger partial charge in [-0.25, -0.2) is 4.68 Å². The molecule has 2 aliphatic rings. The van der Waals surface area contributed by atoms with E-state index in [4.69, 9.17) is 20.6 Å². The van der Waals surface area contributed by atoms with Gasteiger partial charge in [0.2, 0.25) is 5.91 Å². The molecule has 12 heteroatoms. The number of amides is 2. The van der Waals surface area contributed by atoms with Crippen LogP contribution in [-0.4, -0.2) is 89.7 Å². The van der Waals surface area contributed by atoms with Gasteiger partial charge in [0.1, 0.15) is 17.9 Å². The van der Waals surface area contributed by atoms with Crippen LogP contribution in [-0.2, 0) is 25.6 Å². The number of nitrogens with two attached hydrogens (primary N) is 1. The number of amidine groups is 1. The Bertz CT molecular complexity index is 1290. The third-order valence-electron chi connectivity index (χ3n) is 7.44. The van der Waals surface area contributed by atoms with E-state index in [1.165, 1.54) is 13.2 Å². The number of carbonyl (C=O) groups excluding carboxylic acids is 3. The number of hydrogen-bond donors (Lipinski definition) is 2. The SMILES string of the molecule is COC(=O)[C@H]1CC[C@H](N(C)C(=O)c2cc(-c3ccc(C(=N)N)cc3)nn(CC(=O)N3CCOCC3)c2=O)CC1. The Morgan fingerprint density at radius 1 is 1.13 bits per heavy atom. The molecule has 39 heavy (non-hydrogen) atoms. The highest BCUT2D eigenvalue weighted by atomic mass is 16.5. The molecular formula is C27H34N6O6. The van der Waals surface area contributed by atoms with E-state index in [1.807, 2.05) is 0 Å². The van der Waals surface area contributed by atoms with E-state index in [-0.39, 0.29) is 41.8 Å². The summed E-state index contributed by atoms with van der Waals surface area (Å²) < 4.78 is 11.2. The topological polar surface area (TPSA) is 161 Å². The Kier molecular flexibility index (Phi) is 8.75. The Labute approximate surface area is 226 Å². The Hall–Kier alpha value is -4.06. The van der Waals surface area contributed by atoms with Crippen molar-refractivity contribution in [2.45, 2.75) is 38.3 Å². The lowest BCUT2D eigenvalue weighted by molar-refractivity contribution is -0.146. The number of hydrogen-bond acceptors (Lipinski definition) is 8. The molecule has 1 saturated heterocycles. The summed E-state index contributed by atoms with van der Waals surface area (Å²) in [5.74, 6) is -1.29. The van der Waals surface area contributed by atoms with E-state index in [0.29, 0.717) is 68.8 Å². The first-order chi connectivity index (χ1) is 18.7. The Morgan fingerprint density at radius 2 is 1.77 bits per heavy atom. The molecule has 0 bridgehead atoms. The molecule has 1 aliphatic heterocycles. The maximum Gasteiger partial charge on any atom is 0.308 e. The molecular weight excluding hydrogens is 504 g/mol. The molecule has 1 aromatic heterocycles. The second-order valence-electron chi connectivity index (χ2n) is 9.83. The van der Waals surface area contributed by atoms with Gasteiger partial charge in [-0.1, -0.05) is 24.3 Å². The molecule has 0 atom stereocenters. The zero-order valence-electron chi connectivity index (χ0n) is 22.2. The van der Waals surface area contributed by atoms with Crippen LogP contribution in [0.5, 0.6) is 0 Å². The molecule has 12 nitrogen and oxygen atoms in total. The molecule has 2 fully saturated rings. The highest BCUT2D eigenvalue weighted by Crippen LogP contribution is 2.28. The largest absolute Gasteiger partial charge is 0.469 e.